The molecule has 1 amide bonds. The first-order chi connectivity index (χ1) is 11.1. The van der Waals surface area contributed by atoms with Crippen molar-refractivity contribution in [1.29, 1.82) is 0 Å². The highest BCUT2D eigenvalue weighted by Gasteiger charge is 2.23. The van der Waals surface area contributed by atoms with E-state index in [1.165, 1.54) is 6.07 Å². The van der Waals surface area contributed by atoms with Crippen molar-refractivity contribution in [3.8, 4) is 0 Å². The summed E-state index contributed by atoms with van der Waals surface area (Å²) in [6.07, 6.45) is 1.92. The second-order valence-electron chi connectivity index (χ2n) is 6.08. The van der Waals surface area contributed by atoms with Crippen LogP contribution in [-0.2, 0) is 6.54 Å². The van der Waals surface area contributed by atoms with Gasteiger partial charge in [-0.15, -0.1) is 0 Å². The van der Waals surface area contributed by atoms with Gasteiger partial charge in [0.2, 0.25) is 0 Å². The Kier molecular flexibility index (Phi) is 4.71. The number of hydrogen-bond acceptors (Lipinski definition) is 3. The van der Waals surface area contributed by atoms with Gasteiger partial charge in [0.25, 0.3) is 5.91 Å². The lowest BCUT2D eigenvalue weighted by Crippen LogP contribution is -2.47. The molecule has 2 heterocycles. The minimum atomic E-state index is -0.175. The highest BCUT2D eigenvalue weighted by Crippen LogP contribution is 2.16. The molecule has 1 aromatic carbocycles. The van der Waals surface area contributed by atoms with E-state index in [0.29, 0.717) is 17.8 Å². The third kappa shape index (κ3) is 3.96. The molecule has 2 N–H and O–H groups in total. The fourth-order valence-corrected chi connectivity index (χ4v) is 2.98. The molecule has 5 nitrogen and oxygen atoms in total. The number of benzene rings is 1. The highest BCUT2D eigenvalue weighted by atomic mass is 19.1. The van der Waals surface area contributed by atoms with Crippen LogP contribution >= 0.6 is 0 Å². The van der Waals surface area contributed by atoms with Crippen LogP contribution in [0.25, 0.3) is 0 Å². The van der Waals surface area contributed by atoms with Crippen molar-refractivity contribution < 1.29 is 9.18 Å². The van der Waals surface area contributed by atoms with E-state index in [2.05, 4.69) is 20.4 Å². The van der Waals surface area contributed by atoms with Crippen molar-refractivity contribution in [1.82, 2.24) is 20.4 Å². The molecule has 1 atom stereocenters. The molecule has 1 fully saturated rings. The van der Waals surface area contributed by atoms with Crippen LogP contribution in [0.3, 0.4) is 0 Å². The number of aromatic nitrogens is 2. The third-order valence-corrected chi connectivity index (χ3v) is 4.13. The molecule has 3 rings (SSSR count). The molecule has 1 aliphatic rings. The average Bonchev–Trinajstić information content (AvgIpc) is 2.97. The molecule has 1 unspecified atom stereocenters. The molecule has 122 valence electrons. The van der Waals surface area contributed by atoms with E-state index in [4.69, 9.17) is 0 Å². The van der Waals surface area contributed by atoms with Crippen LogP contribution in [-0.4, -0.2) is 40.1 Å². The van der Waals surface area contributed by atoms with E-state index in [0.717, 1.165) is 31.6 Å². The molecule has 6 heteroatoms. The molecule has 23 heavy (non-hydrogen) atoms. The summed E-state index contributed by atoms with van der Waals surface area (Å²) in [5, 5.41) is 9.77. The van der Waals surface area contributed by atoms with Crippen LogP contribution in [0.15, 0.2) is 30.3 Å². The maximum Gasteiger partial charge on any atom is 0.272 e. The van der Waals surface area contributed by atoms with Gasteiger partial charge >= 0.3 is 0 Å². The zero-order valence-corrected chi connectivity index (χ0v) is 13.2. The second-order valence-corrected chi connectivity index (χ2v) is 6.08. The summed E-state index contributed by atoms with van der Waals surface area (Å²) < 4.78 is 13.8. The molecule has 0 aliphatic carbocycles. The minimum absolute atomic E-state index is 0.0695. The zero-order valence-electron chi connectivity index (χ0n) is 13.2. The van der Waals surface area contributed by atoms with Crippen LogP contribution in [0.2, 0.25) is 0 Å². The Balaban J connectivity index is 1.58. The van der Waals surface area contributed by atoms with Gasteiger partial charge < -0.3 is 5.32 Å². The molecule has 1 aromatic heterocycles. The first kappa shape index (κ1) is 15.7. The molecule has 2 aromatic rings. The Morgan fingerprint density at radius 1 is 1.48 bits per heavy atom. The van der Waals surface area contributed by atoms with Gasteiger partial charge in [0, 0.05) is 30.4 Å². The molecule has 0 bridgehead atoms. The number of likely N-dealkylation sites (tertiary alicyclic amines) is 1. The summed E-state index contributed by atoms with van der Waals surface area (Å²) >= 11 is 0. The molecule has 1 aliphatic heterocycles. The maximum absolute atomic E-state index is 13.8. The lowest BCUT2D eigenvalue weighted by Gasteiger charge is -2.33. The number of aryl methyl sites for hydroxylation is 1. The van der Waals surface area contributed by atoms with E-state index in [-0.39, 0.29) is 17.8 Å². The number of amides is 1. The van der Waals surface area contributed by atoms with Crippen molar-refractivity contribution in [2.45, 2.75) is 32.4 Å². The van der Waals surface area contributed by atoms with E-state index < -0.39 is 0 Å². The number of halogens is 1. The first-order valence-corrected chi connectivity index (χ1v) is 7.90. The van der Waals surface area contributed by atoms with Crippen molar-refractivity contribution in [2.75, 3.05) is 13.1 Å². The minimum Gasteiger partial charge on any atom is -0.347 e. The quantitative estimate of drug-likeness (QED) is 0.909. The Morgan fingerprint density at radius 3 is 3.04 bits per heavy atom. The van der Waals surface area contributed by atoms with Gasteiger partial charge in [0.05, 0.1) is 0 Å². The van der Waals surface area contributed by atoms with Crippen LogP contribution in [0, 0.1) is 12.7 Å². The number of carbonyl (C=O) groups is 1. The Labute approximate surface area is 134 Å². The van der Waals surface area contributed by atoms with Gasteiger partial charge in [-0.05, 0) is 38.4 Å². The van der Waals surface area contributed by atoms with Gasteiger partial charge in [0.1, 0.15) is 11.5 Å². The number of hydrogen-bond donors (Lipinski definition) is 2. The molecule has 0 radical (unpaired) electrons. The summed E-state index contributed by atoms with van der Waals surface area (Å²) in [5.41, 5.74) is 1.97. The lowest BCUT2D eigenvalue weighted by molar-refractivity contribution is 0.0895. The number of piperidine rings is 1. The lowest BCUT2D eigenvalue weighted by atomic mass is 10.0. The van der Waals surface area contributed by atoms with Gasteiger partial charge in [-0.25, -0.2) is 4.39 Å². The van der Waals surface area contributed by atoms with Gasteiger partial charge in [-0.2, -0.15) is 5.10 Å². The van der Waals surface area contributed by atoms with Crippen molar-refractivity contribution in [2.24, 2.45) is 0 Å². The van der Waals surface area contributed by atoms with Crippen molar-refractivity contribution in [3.05, 3.63) is 53.1 Å². The van der Waals surface area contributed by atoms with E-state index in [9.17, 15) is 9.18 Å². The summed E-state index contributed by atoms with van der Waals surface area (Å²) in [4.78, 5) is 14.4. The topological polar surface area (TPSA) is 61.0 Å². The molecular weight excluding hydrogens is 295 g/mol. The molecule has 1 saturated heterocycles. The number of H-pyrrole nitrogens is 1. The highest BCUT2D eigenvalue weighted by molar-refractivity contribution is 5.92. The third-order valence-electron chi connectivity index (χ3n) is 4.13. The first-order valence-electron chi connectivity index (χ1n) is 7.90. The van der Waals surface area contributed by atoms with E-state index in [1.807, 2.05) is 19.1 Å². The summed E-state index contributed by atoms with van der Waals surface area (Å²) in [7, 11) is 0. The molecule has 0 spiro atoms. The number of nitrogens with one attached hydrogen (secondary N) is 2. The largest absolute Gasteiger partial charge is 0.347 e. The predicted molar refractivity (Wildman–Crippen MR) is 85.5 cm³/mol. The fraction of sp³-hybridized carbons (Fsp3) is 0.412. The average molecular weight is 316 g/mol. The van der Waals surface area contributed by atoms with E-state index in [1.54, 1.807) is 12.1 Å². The number of rotatable bonds is 4. The number of nitrogens with zero attached hydrogens (tertiary/aromatic N) is 2. The van der Waals surface area contributed by atoms with Crippen LogP contribution in [0.4, 0.5) is 4.39 Å². The van der Waals surface area contributed by atoms with Gasteiger partial charge in [0.15, 0.2) is 0 Å². The zero-order chi connectivity index (χ0) is 16.2. The second kappa shape index (κ2) is 6.91. The van der Waals surface area contributed by atoms with Crippen molar-refractivity contribution >= 4 is 5.91 Å². The molecule has 0 saturated carbocycles. The Bertz CT molecular complexity index is 685. The van der Waals surface area contributed by atoms with Crippen molar-refractivity contribution in [3.63, 3.8) is 0 Å². The van der Waals surface area contributed by atoms with E-state index >= 15 is 0 Å². The normalized spacial score (nSPS) is 18.8. The summed E-state index contributed by atoms with van der Waals surface area (Å²) in [6.45, 7) is 4.08. The van der Waals surface area contributed by atoms with Gasteiger partial charge in [-0.1, -0.05) is 18.2 Å². The van der Waals surface area contributed by atoms with Crippen LogP contribution < -0.4 is 5.32 Å². The monoisotopic (exact) mass is 316 g/mol. The maximum atomic E-state index is 13.8. The van der Waals surface area contributed by atoms with Crippen LogP contribution in [0.1, 0.15) is 34.6 Å². The summed E-state index contributed by atoms with van der Waals surface area (Å²) in [6, 6.07) is 8.64. The Morgan fingerprint density at radius 2 is 2.30 bits per heavy atom. The Hall–Kier alpha value is -2.21. The number of aromatic amines is 1. The van der Waals surface area contributed by atoms with Crippen LogP contribution in [0.5, 0.6) is 0 Å². The summed E-state index contributed by atoms with van der Waals surface area (Å²) in [5.74, 6) is -0.335. The van der Waals surface area contributed by atoms with Gasteiger partial charge in [-0.3, -0.25) is 14.8 Å². The smallest absolute Gasteiger partial charge is 0.272 e. The number of carbonyl (C=O) groups excluding carboxylic acids is 1. The molecular formula is C17H21FN4O. The fourth-order valence-electron chi connectivity index (χ4n) is 2.98. The predicted octanol–water partition coefficient (Wildman–Crippen LogP) is 2.25. The SMILES string of the molecule is Cc1cc(C(=O)NC2CCCN(Cc3ccccc3F)C2)n[nH]1. The standard InChI is InChI=1S/C17H21FN4O/c1-12-9-16(21-20-12)17(23)19-14-6-4-8-22(11-14)10-13-5-2-3-7-15(13)18/h2-3,5,7,9,14H,4,6,8,10-11H2,1H3,(H,19,23)(H,20,21).